The van der Waals surface area contributed by atoms with Gasteiger partial charge in [-0.25, -0.2) is 0 Å². The van der Waals surface area contributed by atoms with Crippen molar-refractivity contribution >= 4 is 12.2 Å². The van der Waals surface area contributed by atoms with E-state index < -0.39 is 0 Å². The Hall–Kier alpha value is -2.16. The molecule has 1 aromatic rings. The molecule has 1 amide bonds. The largest absolute Gasteiger partial charge is 0.341 e. The SMILES string of the molecule is Cc1nn(CC(=O)NCC#N)c(C)c1C=O. The van der Waals surface area contributed by atoms with Crippen LogP contribution in [0.5, 0.6) is 0 Å². The number of carbonyl (C=O) groups excluding carboxylic acids is 2. The van der Waals surface area contributed by atoms with Crippen molar-refractivity contribution < 1.29 is 9.59 Å². The molecule has 16 heavy (non-hydrogen) atoms. The molecular weight excluding hydrogens is 208 g/mol. The molecule has 1 N–H and O–H groups in total. The maximum Gasteiger partial charge on any atom is 0.242 e. The molecule has 6 heteroatoms. The van der Waals surface area contributed by atoms with Gasteiger partial charge in [-0.2, -0.15) is 10.4 Å². The average Bonchev–Trinajstić information content (AvgIpc) is 2.51. The first kappa shape index (κ1) is 11.9. The van der Waals surface area contributed by atoms with E-state index in [9.17, 15) is 9.59 Å². The summed E-state index contributed by atoms with van der Waals surface area (Å²) in [6.07, 6.45) is 0.724. The zero-order valence-electron chi connectivity index (χ0n) is 9.15. The van der Waals surface area contributed by atoms with E-state index in [1.54, 1.807) is 13.8 Å². The van der Waals surface area contributed by atoms with Crippen LogP contribution in [0, 0.1) is 25.2 Å². The van der Waals surface area contributed by atoms with Crippen molar-refractivity contribution in [2.24, 2.45) is 0 Å². The molecule has 0 atom stereocenters. The van der Waals surface area contributed by atoms with E-state index in [2.05, 4.69) is 10.4 Å². The Morgan fingerprint density at radius 1 is 1.62 bits per heavy atom. The number of aromatic nitrogens is 2. The second kappa shape index (κ2) is 5.07. The summed E-state index contributed by atoms with van der Waals surface area (Å²) in [4.78, 5) is 22.0. The lowest BCUT2D eigenvalue weighted by molar-refractivity contribution is -0.121. The van der Waals surface area contributed by atoms with Crippen molar-refractivity contribution in [2.45, 2.75) is 20.4 Å². The fourth-order valence-corrected chi connectivity index (χ4v) is 1.37. The fraction of sp³-hybridized carbons (Fsp3) is 0.400. The number of nitrogens with one attached hydrogen (secondary N) is 1. The van der Waals surface area contributed by atoms with Crippen LogP contribution >= 0.6 is 0 Å². The maximum absolute atomic E-state index is 11.3. The van der Waals surface area contributed by atoms with Gasteiger partial charge >= 0.3 is 0 Å². The molecule has 0 aliphatic rings. The zero-order valence-corrected chi connectivity index (χ0v) is 9.15. The smallest absolute Gasteiger partial charge is 0.242 e. The summed E-state index contributed by atoms with van der Waals surface area (Å²) in [5.74, 6) is -0.301. The number of hydrogen-bond acceptors (Lipinski definition) is 4. The summed E-state index contributed by atoms with van der Waals surface area (Å²) in [7, 11) is 0. The van der Waals surface area contributed by atoms with Gasteiger partial charge in [-0.15, -0.1) is 0 Å². The first-order valence-corrected chi connectivity index (χ1v) is 4.73. The van der Waals surface area contributed by atoms with Crippen molar-refractivity contribution in [1.82, 2.24) is 15.1 Å². The van der Waals surface area contributed by atoms with Gasteiger partial charge in [-0.1, -0.05) is 0 Å². The number of rotatable bonds is 4. The van der Waals surface area contributed by atoms with Crippen LogP contribution in [0.1, 0.15) is 21.7 Å². The first-order chi connectivity index (χ1) is 7.60. The number of nitrogens with zero attached hydrogens (tertiary/aromatic N) is 3. The summed E-state index contributed by atoms with van der Waals surface area (Å²) in [6.45, 7) is 3.42. The summed E-state index contributed by atoms with van der Waals surface area (Å²) in [6, 6.07) is 1.81. The number of carbonyl (C=O) groups is 2. The average molecular weight is 220 g/mol. The van der Waals surface area contributed by atoms with Crippen LogP contribution in [0.3, 0.4) is 0 Å². The van der Waals surface area contributed by atoms with Gasteiger partial charge in [0, 0.05) is 5.69 Å². The molecule has 0 radical (unpaired) electrons. The molecule has 0 aliphatic heterocycles. The molecule has 0 unspecified atom stereocenters. The van der Waals surface area contributed by atoms with Crippen LogP contribution in [0.25, 0.3) is 0 Å². The summed E-state index contributed by atoms with van der Waals surface area (Å²) < 4.78 is 1.45. The highest BCUT2D eigenvalue weighted by Crippen LogP contribution is 2.09. The lowest BCUT2D eigenvalue weighted by Crippen LogP contribution is -2.28. The van der Waals surface area contributed by atoms with Crippen molar-refractivity contribution in [3.05, 3.63) is 17.0 Å². The molecule has 1 heterocycles. The monoisotopic (exact) mass is 220 g/mol. The van der Waals surface area contributed by atoms with Gasteiger partial charge in [0.05, 0.1) is 17.3 Å². The number of aldehydes is 1. The molecule has 84 valence electrons. The highest BCUT2D eigenvalue weighted by Gasteiger charge is 2.12. The van der Waals surface area contributed by atoms with E-state index in [4.69, 9.17) is 5.26 Å². The molecular formula is C10H12N4O2. The topological polar surface area (TPSA) is 87.8 Å². The predicted octanol–water partition coefficient (Wildman–Crippen LogP) is -0.0478. The highest BCUT2D eigenvalue weighted by molar-refractivity contribution is 5.79. The molecule has 0 fully saturated rings. The third-order valence-corrected chi connectivity index (χ3v) is 2.21. The van der Waals surface area contributed by atoms with Crippen LogP contribution in [0.4, 0.5) is 0 Å². The van der Waals surface area contributed by atoms with Gasteiger partial charge < -0.3 is 5.32 Å². The van der Waals surface area contributed by atoms with Gasteiger partial charge in [0.2, 0.25) is 5.91 Å². The quantitative estimate of drug-likeness (QED) is 0.569. The van der Waals surface area contributed by atoms with Gasteiger partial charge in [-0.05, 0) is 13.8 Å². The Kier molecular flexibility index (Phi) is 3.78. The fourth-order valence-electron chi connectivity index (χ4n) is 1.37. The molecule has 0 spiro atoms. The number of amides is 1. The van der Waals surface area contributed by atoms with Gasteiger partial charge in [0.25, 0.3) is 0 Å². The lowest BCUT2D eigenvalue weighted by Gasteiger charge is -2.03. The Morgan fingerprint density at radius 3 is 2.81 bits per heavy atom. The maximum atomic E-state index is 11.3. The number of aryl methyl sites for hydroxylation is 1. The molecule has 0 bridgehead atoms. The predicted molar refractivity (Wildman–Crippen MR) is 55.7 cm³/mol. The molecule has 1 rings (SSSR count). The van der Waals surface area contributed by atoms with E-state index in [-0.39, 0.29) is 19.0 Å². The molecule has 0 aromatic carbocycles. The molecule has 0 saturated heterocycles. The van der Waals surface area contributed by atoms with Crippen molar-refractivity contribution in [2.75, 3.05) is 6.54 Å². The van der Waals surface area contributed by atoms with Gasteiger partial charge in [0.1, 0.15) is 13.1 Å². The van der Waals surface area contributed by atoms with Gasteiger partial charge in [0.15, 0.2) is 6.29 Å². The Bertz CT molecular complexity index is 456. The van der Waals surface area contributed by atoms with Crippen LogP contribution in [-0.2, 0) is 11.3 Å². The Balaban J connectivity index is 2.79. The van der Waals surface area contributed by atoms with Crippen LogP contribution in [0.2, 0.25) is 0 Å². The summed E-state index contributed by atoms with van der Waals surface area (Å²) in [5.41, 5.74) is 1.76. The minimum atomic E-state index is -0.301. The normalized spacial score (nSPS) is 9.56. The Morgan fingerprint density at radius 2 is 2.31 bits per heavy atom. The van der Waals surface area contributed by atoms with Crippen LogP contribution < -0.4 is 5.32 Å². The van der Waals surface area contributed by atoms with E-state index >= 15 is 0 Å². The van der Waals surface area contributed by atoms with Crippen molar-refractivity contribution in [3.63, 3.8) is 0 Å². The van der Waals surface area contributed by atoms with Crippen LogP contribution in [-0.4, -0.2) is 28.5 Å². The molecule has 1 aromatic heterocycles. The molecule has 0 aliphatic carbocycles. The Labute approximate surface area is 92.9 Å². The summed E-state index contributed by atoms with van der Waals surface area (Å²) in [5, 5.41) is 14.8. The van der Waals surface area contributed by atoms with Crippen LogP contribution in [0.15, 0.2) is 0 Å². The molecule has 0 saturated carbocycles. The van der Waals surface area contributed by atoms with E-state index in [0.717, 1.165) is 6.29 Å². The van der Waals surface area contributed by atoms with E-state index in [1.807, 2.05) is 6.07 Å². The van der Waals surface area contributed by atoms with E-state index in [1.165, 1.54) is 4.68 Å². The number of nitriles is 1. The standard InChI is InChI=1S/C10H12N4O2/c1-7-9(6-15)8(2)14(13-7)5-10(16)12-4-3-11/h6H,4-5H2,1-2H3,(H,12,16). The summed E-state index contributed by atoms with van der Waals surface area (Å²) >= 11 is 0. The molecule has 6 nitrogen and oxygen atoms in total. The first-order valence-electron chi connectivity index (χ1n) is 4.73. The zero-order chi connectivity index (χ0) is 12.1. The van der Waals surface area contributed by atoms with Crippen molar-refractivity contribution in [3.8, 4) is 6.07 Å². The minimum absolute atomic E-state index is 0.0161. The minimum Gasteiger partial charge on any atom is -0.341 e. The van der Waals surface area contributed by atoms with E-state index in [0.29, 0.717) is 17.0 Å². The lowest BCUT2D eigenvalue weighted by atomic mass is 10.2. The second-order valence-corrected chi connectivity index (χ2v) is 3.29. The van der Waals surface area contributed by atoms with Gasteiger partial charge in [-0.3, -0.25) is 14.3 Å². The third-order valence-electron chi connectivity index (χ3n) is 2.21. The number of hydrogen-bond donors (Lipinski definition) is 1. The highest BCUT2D eigenvalue weighted by atomic mass is 16.2. The third kappa shape index (κ3) is 2.45. The van der Waals surface area contributed by atoms with Crippen molar-refractivity contribution in [1.29, 1.82) is 5.26 Å². The second-order valence-electron chi connectivity index (χ2n) is 3.29.